The van der Waals surface area contributed by atoms with E-state index in [0.717, 1.165) is 11.1 Å². The number of rotatable bonds is 6. The van der Waals surface area contributed by atoms with Crippen molar-refractivity contribution in [3.63, 3.8) is 0 Å². The third-order valence-corrected chi connectivity index (χ3v) is 4.80. The number of nitrogens with one attached hydrogen (secondary N) is 1. The summed E-state index contributed by atoms with van der Waals surface area (Å²) < 4.78 is 7.29. The molecule has 0 radical (unpaired) electrons. The number of thioether (sulfide) groups is 1. The number of aromatic nitrogens is 6. The van der Waals surface area contributed by atoms with Gasteiger partial charge in [-0.05, 0) is 24.3 Å². The van der Waals surface area contributed by atoms with Crippen LogP contribution < -0.4 is 5.32 Å². The van der Waals surface area contributed by atoms with Crippen molar-refractivity contribution in [3.05, 3.63) is 54.9 Å². The third kappa shape index (κ3) is 3.91. The zero-order valence-electron chi connectivity index (χ0n) is 14.8. The fourth-order valence-corrected chi connectivity index (χ4v) is 3.15. The van der Waals surface area contributed by atoms with Crippen molar-refractivity contribution in [1.82, 2.24) is 29.9 Å². The Labute approximate surface area is 164 Å². The van der Waals surface area contributed by atoms with E-state index in [0.29, 0.717) is 16.9 Å². The maximum Gasteiger partial charge on any atom is 0.322 e. The summed E-state index contributed by atoms with van der Waals surface area (Å²) in [4.78, 5) is 16.3. The van der Waals surface area contributed by atoms with Crippen molar-refractivity contribution in [1.29, 1.82) is 0 Å². The average Bonchev–Trinajstić information content (AvgIpc) is 3.34. The molecule has 0 aliphatic heterocycles. The molecule has 4 rings (SSSR count). The van der Waals surface area contributed by atoms with E-state index in [9.17, 15) is 4.79 Å². The van der Waals surface area contributed by atoms with Crippen LogP contribution in [0.5, 0.6) is 0 Å². The molecule has 0 aliphatic carbocycles. The molecule has 3 heterocycles. The summed E-state index contributed by atoms with van der Waals surface area (Å²) >= 11 is 1.26. The second-order valence-electron chi connectivity index (χ2n) is 5.72. The van der Waals surface area contributed by atoms with Gasteiger partial charge in [0.25, 0.3) is 0 Å². The summed E-state index contributed by atoms with van der Waals surface area (Å²) in [6.45, 7) is 0. The van der Waals surface area contributed by atoms with Crippen molar-refractivity contribution in [2.24, 2.45) is 7.05 Å². The van der Waals surface area contributed by atoms with Crippen LogP contribution in [0, 0.1) is 0 Å². The summed E-state index contributed by atoms with van der Waals surface area (Å²) in [5, 5.41) is 19.3. The zero-order chi connectivity index (χ0) is 19.3. The average molecular weight is 393 g/mol. The smallest absolute Gasteiger partial charge is 0.322 e. The van der Waals surface area contributed by atoms with Crippen LogP contribution in [-0.4, -0.2) is 41.6 Å². The summed E-state index contributed by atoms with van der Waals surface area (Å²) in [6, 6.07) is 13.1. The third-order valence-electron chi connectivity index (χ3n) is 3.78. The number of nitrogens with zero attached hydrogens (tertiary/aromatic N) is 6. The summed E-state index contributed by atoms with van der Waals surface area (Å²) in [5.41, 5.74) is 1.64. The minimum atomic E-state index is -0.279. The van der Waals surface area contributed by atoms with Gasteiger partial charge in [0, 0.05) is 30.6 Å². The van der Waals surface area contributed by atoms with Crippen LogP contribution in [0.1, 0.15) is 0 Å². The maximum atomic E-state index is 12.2. The van der Waals surface area contributed by atoms with Gasteiger partial charge in [0.05, 0.1) is 5.75 Å². The van der Waals surface area contributed by atoms with Crippen LogP contribution in [0.15, 0.2) is 64.4 Å². The first-order valence-electron chi connectivity index (χ1n) is 8.32. The Morgan fingerprint density at radius 1 is 1.07 bits per heavy atom. The Bertz CT molecular complexity index is 1080. The predicted octanol–water partition coefficient (Wildman–Crippen LogP) is 2.66. The van der Waals surface area contributed by atoms with Gasteiger partial charge in [0.15, 0.2) is 11.0 Å². The first-order valence-corrected chi connectivity index (χ1v) is 9.30. The number of amides is 1. The molecule has 1 N–H and O–H groups in total. The maximum absolute atomic E-state index is 12.2. The van der Waals surface area contributed by atoms with Crippen LogP contribution in [-0.2, 0) is 11.8 Å². The number of benzene rings is 1. The lowest BCUT2D eigenvalue weighted by Crippen LogP contribution is -2.14. The molecule has 1 amide bonds. The first kappa shape index (κ1) is 17.9. The van der Waals surface area contributed by atoms with E-state index in [1.54, 1.807) is 12.4 Å². The van der Waals surface area contributed by atoms with Crippen LogP contribution in [0.25, 0.3) is 22.8 Å². The van der Waals surface area contributed by atoms with Crippen LogP contribution in [0.3, 0.4) is 0 Å². The Kier molecular flexibility index (Phi) is 5.11. The van der Waals surface area contributed by atoms with Gasteiger partial charge in [0.2, 0.25) is 11.8 Å². The van der Waals surface area contributed by atoms with Crippen molar-refractivity contribution < 1.29 is 9.21 Å². The second-order valence-corrected chi connectivity index (χ2v) is 6.66. The van der Waals surface area contributed by atoms with Crippen LogP contribution in [0.2, 0.25) is 0 Å². The van der Waals surface area contributed by atoms with Gasteiger partial charge in [-0.15, -0.1) is 15.3 Å². The fraction of sp³-hybridized carbons (Fsp3) is 0.111. The van der Waals surface area contributed by atoms with E-state index in [-0.39, 0.29) is 17.7 Å². The minimum Gasteiger partial charge on any atom is -0.403 e. The molecule has 0 unspecified atom stereocenters. The van der Waals surface area contributed by atoms with E-state index in [4.69, 9.17) is 4.42 Å². The van der Waals surface area contributed by atoms with Gasteiger partial charge in [-0.1, -0.05) is 35.1 Å². The van der Waals surface area contributed by atoms with Gasteiger partial charge in [-0.25, -0.2) is 0 Å². The largest absolute Gasteiger partial charge is 0.403 e. The van der Waals surface area contributed by atoms with Crippen molar-refractivity contribution in [3.8, 4) is 22.8 Å². The topological polar surface area (TPSA) is 112 Å². The molecule has 0 atom stereocenters. The molecule has 9 nitrogen and oxygen atoms in total. The quantitative estimate of drug-likeness (QED) is 0.498. The Morgan fingerprint density at radius 3 is 2.68 bits per heavy atom. The number of carbonyl (C=O) groups excluding carboxylic acids is 1. The molecule has 140 valence electrons. The summed E-state index contributed by atoms with van der Waals surface area (Å²) in [5.74, 6) is 0.875. The SMILES string of the molecule is Cn1c(SCC(=O)Nc2nnc(-c3ccccc3)o2)nnc1-c1cccnc1. The predicted molar refractivity (Wildman–Crippen MR) is 103 cm³/mol. The molecule has 3 aromatic heterocycles. The van der Waals surface area contributed by atoms with Gasteiger partial charge >= 0.3 is 6.01 Å². The van der Waals surface area contributed by atoms with E-state index < -0.39 is 0 Å². The number of hydrogen-bond acceptors (Lipinski definition) is 8. The van der Waals surface area contributed by atoms with Crippen LogP contribution in [0.4, 0.5) is 6.01 Å². The lowest BCUT2D eigenvalue weighted by Gasteiger charge is -2.03. The van der Waals surface area contributed by atoms with Gasteiger partial charge in [-0.3, -0.25) is 15.1 Å². The highest BCUT2D eigenvalue weighted by atomic mass is 32.2. The van der Waals surface area contributed by atoms with Gasteiger partial charge in [0.1, 0.15) is 0 Å². The van der Waals surface area contributed by atoms with E-state index in [1.165, 1.54) is 11.8 Å². The molecular formula is C18H15N7O2S. The second kappa shape index (κ2) is 8.01. The molecule has 1 aromatic carbocycles. The molecule has 0 aliphatic rings. The standard InChI is InChI=1S/C18H15N7O2S/c1-25-15(13-8-5-9-19-10-13)21-24-18(25)28-11-14(26)20-17-23-22-16(27-17)12-6-3-2-4-7-12/h2-10H,11H2,1H3,(H,20,23,26). The number of carbonyl (C=O) groups is 1. The monoisotopic (exact) mass is 393 g/mol. The lowest BCUT2D eigenvalue weighted by atomic mass is 10.2. The van der Waals surface area contributed by atoms with Gasteiger partial charge in [-0.2, -0.15) is 0 Å². The van der Waals surface area contributed by atoms with Crippen molar-refractivity contribution in [2.45, 2.75) is 5.16 Å². The molecule has 4 aromatic rings. The minimum absolute atomic E-state index is 0.0541. The normalized spacial score (nSPS) is 10.8. The Balaban J connectivity index is 1.37. The van der Waals surface area contributed by atoms with E-state index in [2.05, 4.69) is 30.7 Å². The highest BCUT2D eigenvalue weighted by molar-refractivity contribution is 7.99. The molecule has 0 spiro atoms. The molecule has 0 bridgehead atoms. The molecular weight excluding hydrogens is 378 g/mol. The van der Waals surface area contributed by atoms with E-state index in [1.807, 2.05) is 54.1 Å². The highest BCUT2D eigenvalue weighted by Gasteiger charge is 2.15. The van der Waals surface area contributed by atoms with Crippen LogP contribution >= 0.6 is 11.8 Å². The molecule has 28 heavy (non-hydrogen) atoms. The Morgan fingerprint density at radius 2 is 1.89 bits per heavy atom. The first-order chi connectivity index (χ1) is 13.7. The summed E-state index contributed by atoms with van der Waals surface area (Å²) in [7, 11) is 1.84. The van der Waals surface area contributed by atoms with E-state index >= 15 is 0 Å². The van der Waals surface area contributed by atoms with Crippen molar-refractivity contribution in [2.75, 3.05) is 11.1 Å². The molecule has 0 fully saturated rings. The summed E-state index contributed by atoms with van der Waals surface area (Å²) in [6.07, 6.45) is 3.41. The molecule has 0 saturated carbocycles. The number of hydrogen-bond donors (Lipinski definition) is 1. The van der Waals surface area contributed by atoms with Crippen molar-refractivity contribution >= 4 is 23.7 Å². The number of pyridine rings is 1. The van der Waals surface area contributed by atoms with Gasteiger partial charge < -0.3 is 8.98 Å². The Hall–Kier alpha value is -3.53. The number of anilines is 1. The zero-order valence-corrected chi connectivity index (χ0v) is 15.6. The fourth-order valence-electron chi connectivity index (χ4n) is 2.44. The molecule has 0 saturated heterocycles. The molecule has 10 heteroatoms. The highest BCUT2D eigenvalue weighted by Crippen LogP contribution is 2.22. The lowest BCUT2D eigenvalue weighted by molar-refractivity contribution is -0.113.